The number of ketones is 1. The summed E-state index contributed by atoms with van der Waals surface area (Å²) in [7, 11) is 0. The highest BCUT2D eigenvalue weighted by atomic mass is 16.2. The molecule has 4 atom stereocenters. The first-order valence-corrected chi connectivity index (χ1v) is 20.5. The highest BCUT2D eigenvalue weighted by Gasteiger charge is 2.40. The topological polar surface area (TPSA) is 93.3 Å². The lowest BCUT2D eigenvalue weighted by Crippen LogP contribution is -2.48. The van der Waals surface area contributed by atoms with E-state index in [1.54, 1.807) is 4.90 Å². The predicted octanol–water partition coefficient (Wildman–Crippen LogP) is 7.55. The summed E-state index contributed by atoms with van der Waals surface area (Å²) in [6.07, 6.45) is 3.18. The number of hydrogen-bond donors (Lipinski definition) is 1. The number of carbonyl (C=O) groups is 4. The zero-order valence-electron chi connectivity index (χ0n) is 33.4. The number of likely N-dealkylation sites (tertiary alicyclic amines) is 2. The van der Waals surface area contributed by atoms with Crippen LogP contribution in [-0.4, -0.2) is 94.5 Å². The number of nitrogens with zero attached hydrogens (tertiary/aromatic N) is 4. The lowest BCUT2D eigenvalue weighted by atomic mass is 9.98. The van der Waals surface area contributed by atoms with Crippen LogP contribution in [0.4, 0.5) is 5.69 Å². The average Bonchev–Trinajstić information content (AvgIpc) is 3.94. The van der Waals surface area contributed by atoms with Gasteiger partial charge in [-0.25, -0.2) is 0 Å². The van der Waals surface area contributed by atoms with Gasteiger partial charge in [-0.3, -0.25) is 29.0 Å². The molecule has 0 aliphatic carbocycles. The van der Waals surface area contributed by atoms with Crippen molar-refractivity contribution in [3.8, 4) is 11.1 Å². The number of anilines is 1. The quantitative estimate of drug-likeness (QED) is 0.127. The molecule has 2 fully saturated rings. The molecule has 294 valence electrons. The van der Waals surface area contributed by atoms with Crippen molar-refractivity contribution in [3.63, 3.8) is 0 Å². The van der Waals surface area contributed by atoms with Gasteiger partial charge in [0.1, 0.15) is 18.1 Å². The molecular formula is C47H57N5O4. The van der Waals surface area contributed by atoms with E-state index in [1.165, 1.54) is 0 Å². The summed E-state index contributed by atoms with van der Waals surface area (Å²) >= 11 is 0. The lowest BCUT2D eigenvalue weighted by Gasteiger charge is -2.34. The van der Waals surface area contributed by atoms with Gasteiger partial charge in [0, 0.05) is 25.2 Å². The summed E-state index contributed by atoms with van der Waals surface area (Å²) in [6, 6.07) is 33.7. The smallest absolute Gasteiger partial charge is 0.247 e. The van der Waals surface area contributed by atoms with E-state index in [0.717, 1.165) is 66.8 Å². The first-order valence-electron chi connectivity index (χ1n) is 20.5. The van der Waals surface area contributed by atoms with E-state index in [0.29, 0.717) is 31.6 Å². The zero-order chi connectivity index (χ0) is 39.6. The Morgan fingerprint density at radius 3 is 1.48 bits per heavy atom. The SMILES string of the molecule is CCN(CC)[C@@H](C(=O)N1CCC[C@H]1C(=O)Cc1ccc(-c2ccc(NC(=O)[C@@H]3CCCN3C(=O)[C@@H](c3ccccc3)N(CC)CC)cc2)cc1)c1ccccc1. The molecule has 0 unspecified atom stereocenters. The van der Waals surface area contributed by atoms with Crippen LogP contribution in [-0.2, 0) is 25.6 Å². The van der Waals surface area contributed by atoms with Crippen LogP contribution >= 0.6 is 0 Å². The number of nitrogens with one attached hydrogen (secondary N) is 1. The van der Waals surface area contributed by atoms with Gasteiger partial charge in [0.15, 0.2) is 5.78 Å². The Balaban J connectivity index is 1.07. The van der Waals surface area contributed by atoms with Gasteiger partial charge in [-0.1, -0.05) is 125 Å². The fourth-order valence-corrected chi connectivity index (χ4v) is 8.56. The lowest BCUT2D eigenvalue weighted by molar-refractivity contribution is -0.142. The van der Waals surface area contributed by atoms with Crippen molar-refractivity contribution in [1.29, 1.82) is 0 Å². The molecule has 4 aromatic carbocycles. The number of rotatable bonds is 16. The van der Waals surface area contributed by atoms with E-state index in [2.05, 4.69) is 42.8 Å². The van der Waals surface area contributed by atoms with Crippen LogP contribution in [0.5, 0.6) is 0 Å². The van der Waals surface area contributed by atoms with Gasteiger partial charge in [0.25, 0.3) is 0 Å². The van der Waals surface area contributed by atoms with Crippen molar-refractivity contribution in [2.45, 2.75) is 84.0 Å². The Bertz CT molecular complexity index is 1770. The minimum atomic E-state index is -0.527. The van der Waals surface area contributed by atoms with Gasteiger partial charge in [0.05, 0.1) is 6.04 Å². The minimum Gasteiger partial charge on any atom is -0.331 e. The largest absolute Gasteiger partial charge is 0.331 e. The molecule has 2 aliphatic heterocycles. The molecule has 4 aromatic rings. The number of Topliss-reactive ketones (excluding diaryl/α,β-unsaturated/α-hetero) is 1. The summed E-state index contributed by atoms with van der Waals surface area (Å²) < 4.78 is 0. The standard InChI is InChI=1S/C47H57N5O4/c1-5-49(6-2)43(37-17-11-9-12-18-37)46(55)51-31-15-21-40(51)42(53)33-34-23-25-35(26-24-34)36-27-29-39(30-28-36)48-45(54)41-22-16-32-52(41)47(56)44(50(7-3)8-4)38-19-13-10-14-20-38/h9-14,17-20,23-30,40-41,43-44H,5-8,15-16,21-22,31-33H2,1-4H3,(H,48,54)/t40-,41-,43+,44+/m0/s1. The zero-order valence-corrected chi connectivity index (χ0v) is 33.4. The van der Waals surface area contributed by atoms with Gasteiger partial charge in [0.2, 0.25) is 17.7 Å². The third kappa shape index (κ3) is 9.11. The molecular weight excluding hydrogens is 699 g/mol. The number of hydrogen-bond acceptors (Lipinski definition) is 6. The van der Waals surface area contributed by atoms with Crippen LogP contribution in [0.25, 0.3) is 11.1 Å². The van der Waals surface area contributed by atoms with E-state index in [-0.39, 0.29) is 29.9 Å². The molecule has 56 heavy (non-hydrogen) atoms. The fraction of sp³-hybridized carbons (Fsp3) is 0.404. The summed E-state index contributed by atoms with van der Waals surface area (Å²) in [5, 5.41) is 3.07. The second kappa shape index (κ2) is 19.2. The highest BCUT2D eigenvalue weighted by Crippen LogP contribution is 2.31. The molecule has 6 rings (SSSR count). The molecule has 0 radical (unpaired) electrons. The van der Waals surface area contributed by atoms with Crippen LogP contribution in [0.2, 0.25) is 0 Å². The predicted molar refractivity (Wildman–Crippen MR) is 223 cm³/mol. The maximum absolute atomic E-state index is 14.1. The van der Waals surface area contributed by atoms with Gasteiger partial charge in [-0.2, -0.15) is 0 Å². The number of carbonyl (C=O) groups excluding carboxylic acids is 4. The third-order valence-electron chi connectivity index (χ3n) is 11.6. The molecule has 0 saturated carbocycles. The van der Waals surface area contributed by atoms with E-state index >= 15 is 0 Å². The van der Waals surface area contributed by atoms with Gasteiger partial charge < -0.3 is 15.1 Å². The first kappa shape index (κ1) is 40.5. The average molecular weight is 756 g/mol. The molecule has 9 nitrogen and oxygen atoms in total. The molecule has 0 aromatic heterocycles. The molecule has 2 aliphatic rings. The number of amides is 3. The van der Waals surface area contributed by atoms with Gasteiger partial charge in [-0.05, 0) is 91.8 Å². The van der Waals surface area contributed by atoms with Crippen molar-refractivity contribution in [1.82, 2.24) is 19.6 Å². The second-order valence-corrected chi connectivity index (χ2v) is 14.9. The summed E-state index contributed by atoms with van der Waals surface area (Å²) in [5.41, 5.74) is 5.47. The molecule has 2 heterocycles. The first-order chi connectivity index (χ1) is 27.3. The molecule has 0 bridgehead atoms. The maximum atomic E-state index is 14.1. The Morgan fingerprint density at radius 1 is 0.589 bits per heavy atom. The van der Waals surface area contributed by atoms with Crippen molar-refractivity contribution in [2.24, 2.45) is 0 Å². The molecule has 3 amide bonds. The van der Waals surface area contributed by atoms with Crippen molar-refractivity contribution in [3.05, 3.63) is 126 Å². The molecule has 0 spiro atoms. The van der Waals surface area contributed by atoms with E-state index in [9.17, 15) is 19.2 Å². The van der Waals surface area contributed by atoms with Crippen LogP contribution in [0.1, 0.15) is 82.2 Å². The molecule has 1 N–H and O–H groups in total. The van der Waals surface area contributed by atoms with Gasteiger partial charge >= 0.3 is 0 Å². The van der Waals surface area contributed by atoms with Crippen LogP contribution in [0.3, 0.4) is 0 Å². The molecule has 9 heteroatoms. The maximum Gasteiger partial charge on any atom is 0.247 e. The normalized spacial score (nSPS) is 18.0. The van der Waals surface area contributed by atoms with Crippen molar-refractivity contribution >= 4 is 29.2 Å². The Labute approximate surface area is 332 Å². The Kier molecular flexibility index (Phi) is 13.9. The number of likely N-dealkylation sites (N-methyl/N-ethyl adjacent to an activating group) is 2. The monoisotopic (exact) mass is 755 g/mol. The fourth-order valence-electron chi connectivity index (χ4n) is 8.56. The summed E-state index contributed by atoms with van der Waals surface area (Å²) in [4.78, 5) is 63.4. The van der Waals surface area contributed by atoms with Gasteiger partial charge in [-0.15, -0.1) is 0 Å². The van der Waals surface area contributed by atoms with E-state index < -0.39 is 24.2 Å². The summed E-state index contributed by atoms with van der Waals surface area (Å²) in [6.45, 7) is 12.4. The van der Waals surface area contributed by atoms with Crippen molar-refractivity contribution < 1.29 is 19.2 Å². The van der Waals surface area contributed by atoms with E-state index in [1.807, 2.05) is 114 Å². The van der Waals surface area contributed by atoms with Crippen LogP contribution in [0.15, 0.2) is 109 Å². The summed E-state index contributed by atoms with van der Waals surface area (Å²) in [5.74, 6) is -0.123. The highest BCUT2D eigenvalue weighted by molar-refractivity contribution is 5.98. The second-order valence-electron chi connectivity index (χ2n) is 14.9. The third-order valence-corrected chi connectivity index (χ3v) is 11.6. The van der Waals surface area contributed by atoms with Crippen LogP contribution < -0.4 is 5.32 Å². The Hall–Kier alpha value is -5.12. The Morgan fingerprint density at radius 2 is 1.02 bits per heavy atom. The minimum absolute atomic E-state index is 0.00628. The van der Waals surface area contributed by atoms with E-state index in [4.69, 9.17) is 0 Å². The van der Waals surface area contributed by atoms with Crippen molar-refractivity contribution in [2.75, 3.05) is 44.6 Å². The molecule has 2 saturated heterocycles. The number of benzene rings is 4. The van der Waals surface area contributed by atoms with Crippen LogP contribution in [0, 0.1) is 0 Å².